The topological polar surface area (TPSA) is 66.2 Å². The molecule has 1 fully saturated rings. The van der Waals surface area contributed by atoms with Crippen LogP contribution in [-0.2, 0) is 6.54 Å². The van der Waals surface area contributed by atoms with Gasteiger partial charge in [0.25, 0.3) is 0 Å². The first kappa shape index (κ1) is 24.0. The number of nitrogens with one attached hydrogen (secondary N) is 2. The van der Waals surface area contributed by atoms with E-state index in [-0.39, 0.29) is 0 Å². The monoisotopic (exact) mass is 507 g/mol. The number of hydrogen-bond acceptors (Lipinski definition) is 7. The molecule has 2 aromatic carbocycles. The quantitative estimate of drug-likeness (QED) is 0.278. The van der Waals surface area contributed by atoms with Gasteiger partial charge >= 0.3 is 0 Å². The van der Waals surface area contributed by atoms with Gasteiger partial charge in [-0.3, -0.25) is 0 Å². The largest absolute Gasteiger partial charge is 0.453 e. The van der Waals surface area contributed by atoms with Gasteiger partial charge in [0, 0.05) is 41.5 Å². The molecule has 0 aliphatic heterocycles. The summed E-state index contributed by atoms with van der Waals surface area (Å²) in [4.78, 5) is 12.7. The predicted octanol–water partition coefficient (Wildman–Crippen LogP) is 6.61. The Morgan fingerprint density at radius 1 is 0.943 bits per heavy atom. The van der Waals surface area contributed by atoms with Crippen LogP contribution in [0, 0.1) is 0 Å². The summed E-state index contributed by atoms with van der Waals surface area (Å²) in [5.74, 6) is 2.62. The molecule has 8 heteroatoms. The van der Waals surface area contributed by atoms with Crippen LogP contribution in [0.15, 0.2) is 75.1 Å². The van der Waals surface area contributed by atoms with Gasteiger partial charge in [0.15, 0.2) is 5.09 Å². The fourth-order valence-electron chi connectivity index (χ4n) is 4.46. The summed E-state index contributed by atoms with van der Waals surface area (Å²) in [6.45, 7) is 0.740. The number of nitrogens with zero attached hydrogens (tertiary/aromatic N) is 3. The number of aromatic nitrogens is 2. The first-order valence-electron chi connectivity index (χ1n) is 12.0. The van der Waals surface area contributed by atoms with Crippen molar-refractivity contribution in [2.75, 3.05) is 24.3 Å². The molecule has 1 aliphatic carbocycles. The van der Waals surface area contributed by atoms with Crippen molar-refractivity contribution in [1.29, 1.82) is 0 Å². The van der Waals surface area contributed by atoms with E-state index in [1.54, 1.807) is 11.8 Å². The SMILES string of the molecule is CN(C)c1nc(N[C@H]2CC[C@@H](NCc3ccc(Sc4ccc(Cl)cc4)o3)CC2)nc2ccccc12. The number of rotatable bonds is 8. The van der Waals surface area contributed by atoms with Crippen LogP contribution in [0.4, 0.5) is 11.8 Å². The highest BCUT2D eigenvalue weighted by molar-refractivity contribution is 7.99. The summed E-state index contributed by atoms with van der Waals surface area (Å²) in [5, 5.41) is 9.96. The van der Waals surface area contributed by atoms with Crippen LogP contribution in [-0.4, -0.2) is 36.1 Å². The molecule has 0 bridgehead atoms. The molecular formula is C27H30ClN5OS. The van der Waals surface area contributed by atoms with E-state index >= 15 is 0 Å². The molecule has 0 amide bonds. The maximum absolute atomic E-state index is 6.01. The van der Waals surface area contributed by atoms with Gasteiger partial charge in [0.1, 0.15) is 11.6 Å². The molecule has 6 nitrogen and oxygen atoms in total. The first-order valence-corrected chi connectivity index (χ1v) is 13.2. The summed E-state index contributed by atoms with van der Waals surface area (Å²) in [6, 6.07) is 20.9. The number of fused-ring (bicyclic) bond motifs is 1. The number of anilines is 2. The van der Waals surface area contributed by atoms with E-state index in [2.05, 4.69) is 22.8 Å². The van der Waals surface area contributed by atoms with E-state index in [1.807, 2.05) is 67.5 Å². The van der Waals surface area contributed by atoms with Crippen molar-refractivity contribution in [2.45, 2.75) is 54.3 Å². The number of halogens is 1. The Labute approximate surface area is 215 Å². The van der Waals surface area contributed by atoms with E-state index in [9.17, 15) is 0 Å². The third-order valence-corrected chi connectivity index (χ3v) is 7.48. The van der Waals surface area contributed by atoms with Gasteiger partial charge in [-0.25, -0.2) is 4.98 Å². The van der Waals surface area contributed by atoms with Gasteiger partial charge in [-0.05, 0) is 74.2 Å². The molecule has 0 spiro atoms. The average molecular weight is 508 g/mol. The molecule has 2 heterocycles. The number of para-hydroxylation sites is 1. The zero-order chi connectivity index (χ0) is 24.2. The lowest BCUT2D eigenvalue weighted by atomic mass is 9.91. The third-order valence-electron chi connectivity index (χ3n) is 6.30. The maximum atomic E-state index is 6.01. The standard InChI is InChI=1S/C27H30ClN5OS/c1-33(2)26-23-5-3-4-6-24(23)31-27(32-26)30-20-11-9-19(10-12-20)29-17-21-13-16-25(34-21)35-22-14-7-18(28)8-15-22/h3-8,13-16,19-20,29H,9-12,17H2,1-2H3,(H,30,31,32)/t19-,20+. The van der Waals surface area contributed by atoms with E-state index in [0.29, 0.717) is 18.0 Å². The summed E-state index contributed by atoms with van der Waals surface area (Å²) < 4.78 is 6.01. The van der Waals surface area contributed by atoms with E-state index in [1.165, 1.54) is 0 Å². The van der Waals surface area contributed by atoms with Gasteiger partial charge in [0.05, 0.1) is 12.1 Å². The van der Waals surface area contributed by atoms with Crippen LogP contribution in [0.5, 0.6) is 0 Å². The average Bonchev–Trinajstić information content (AvgIpc) is 3.31. The summed E-state index contributed by atoms with van der Waals surface area (Å²) >= 11 is 7.58. The summed E-state index contributed by atoms with van der Waals surface area (Å²) in [6.07, 6.45) is 4.39. The lowest BCUT2D eigenvalue weighted by Crippen LogP contribution is -2.36. The molecule has 0 saturated heterocycles. The van der Waals surface area contributed by atoms with Crippen LogP contribution in [0.2, 0.25) is 5.02 Å². The molecule has 182 valence electrons. The summed E-state index contributed by atoms with van der Waals surface area (Å²) in [7, 11) is 4.04. The van der Waals surface area contributed by atoms with Crippen molar-refractivity contribution in [3.63, 3.8) is 0 Å². The highest BCUT2D eigenvalue weighted by Crippen LogP contribution is 2.30. The minimum Gasteiger partial charge on any atom is -0.453 e. The molecule has 5 rings (SSSR count). The van der Waals surface area contributed by atoms with Crippen molar-refractivity contribution < 1.29 is 4.42 Å². The van der Waals surface area contributed by atoms with Gasteiger partial charge < -0.3 is 20.0 Å². The van der Waals surface area contributed by atoms with Crippen molar-refractivity contribution >= 4 is 46.0 Å². The smallest absolute Gasteiger partial charge is 0.225 e. The molecule has 4 aromatic rings. The predicted molar refractivity (Wildman–Crippen MR) is 145 cm³/mol. The lowest BCUT2D eigenvalue weighted by molar-refractivity contribution is 0.332. The zero-order valence-electron chi connectivity index (χ0n) is 20.0. The van der Waals surface area contributed by atoms with Crippen LogP contribution in [0.3, 0.4) is 0 Å². The van der Waals surface area contributed by atoms with Crippen LogP contribution < -0.4 is 15.5 Å². The minimum atomic E-state index is 0.384. The van der Waals surface area contributed by atoms with Crippen LogP contribution in [0.25, 0.3) is 10.9 Å². The number of furan rings is 1. The van der Waals surface area contributed by atoms with Gasteiger partial charge in [0.2, 0.25) is 5.95 Å². The fourth-order valence-corrected chi connectivity index (χ4v) is 5.38. The Balaban J connectivity index is 1.11. The Kier molecular flexibility index (Phi) is 7.46. The second-order valence-corrected chi connectivity index (χ2v) is 10.6. The lowest BCUT2D eigenvalue weighted by Gasteiger charge is -2.30. The van der Waals surface area contributed by atoms with E-state index < -0.39 is 0 Å². The molecule has 0 atom stereocenters. The van der Waals surface area contributed by atoms with Crippen molar-refractivity contribution in [1.82, 2.24) is 15.3 Å². The normalized spacial score (nSPS) is 18.0. The second kappa shape index (κ2) is 10.9. The van der Waals surface area contributed by atoms with E-state index in [4.69, 9.17) is 26.0 Å². The zero-order valence-corrected chi connectivity index (χ0v) is 21.6. The van der Waals surface area contributed by atoms with Gasteiger partial charge in [-0.2, -0.15) is 4.98 Å². The van der Waals surface area contributed by atoms with Crippen molar-refractivity contribution in [3.05, 3.63) is 71.4 Å². The van der Waals surface area contributed by atoms with Crippen LogP contribution in [0.1, 0.15) is 31.4 Å². The first-order chi connectivity index (χ1) is 17.0. The minimum absolute atomic E-state index is 0.384. The molecular weight excluding hydrogens is 478 g/mol. The Morgan fingerprint density at radius 2 is 1.69 bits per heavy atom. The third kappa shape index (κ3) is 6.10. The molecule has 1 saturated carbocycles. The maximum Gasteiger partial charge on any atom is 0.225 e. The highest BCUT2D eigenvalue weighted by atomic mass is 35.5. The van der Waals surface area contributed by atoms with E-state index in [0.717, 1.165) is 69.7 Å². The highest BCUT2D eigenvalue weighted by Gasteiger charge is 2.22. The number of benzene rings is 2. The van der Waals surface area contributed by atoms with Crippen molar-refractivity contribution in [2.24, 2.45) is 0 Å². The Morgan fingerprint density at radius 3 is 2.46 bits per heavy atom. The molecule has 0 unspecified atom stereocenters. The van der Waals surface area contributed by atoms with Crippen molar-refractivity contribution in [3.8, 4) is 0 Å². The molecule has 1 aliphatic rings. The van der Waals surface area contributed by atoms with Gasteiger partial charge in [-0.15, -0.1) is 0 Å². The van der Waals surface area contributed by atoms with Gasteiger partial charge in [-0.1, -0.05) is 35.5 Å². The summed E-state index contributed by atoms with van der Waals surface area (Å²) in [5.41, 5.74) is 0.969. The Hall–Kier alpha value is -2.74. The fraction of sp³-hybridized carbons (Fsp3) is 0.333. The molecule has 2 N–H and O–H groups in total. The Bertz CT molecular complexity index is 1270. The molecule has 0 radical (unpaired) electrons. The number of hydrogen-bond donors (Lipinski definition) is 2. The molecule has 2 aromatic heterocycles. The van der Waals surface area contributed by atoms with Crippen LogP contribution >= 0.6 is 23.4 Å². The molecule has 35 heavy (non-hydrogen) atoms. The second-order valence-electron chi connectivity index (χ2n) is 9.13.